The van der Waals surface area contributed by atoms with E-state index in [0.717, 1.165) is 0 Å². The van der Waals surface area contributed by atoms with Crippen molar-refractivity contribution in [3.63, 3.8) is 0 Å². The quantitative estimate of drug-likeness (QED) is 0.752. The predicted molar refractivity (Wildman–Crippen MR) is 81.3 cm³/mol. The average molecular weight is 323 g/mol. The van der Waals surface area contributed by atoms with Crippen LogP contribution in [0.2, 0.25) is 0 Å². The number of imidazole rings is 1. The fourth-order valence-corrected chi connectivity index (χ4v) is 2.86. The fourth-order valence-electron chi connectivity index (χ4n) is 1.88. The summed E-state index contributed by atoms with van der Waals surface area (Å²) in [7, 11) is -3.79. The number of rotatable bonds is 6. The zero-order valence-corrected chi connectivity index (χ0v) is 13.0. The lowest BCUT2D eigenvalue weighted by Crippen LogP contribution is -2.14. The van der Waals surface area contributed by atoms with Crippen LogP contribution in [-0.4, -0.2) is 29.5 Å². The number of aromatic amines is 1. The lowest BCUT2D eigenvalue weighted by molar-refractivity contribution is -0.136. The number of hydrogen-bond donors (Lipinski definition) is 3. The van der Waals surface area contributed by atoms with Crippen molar-refractivity contribution in [2.75, 3.05) is 4.72 Å². The van der Waals surface area contributed by atoms with E-state index in [-0.39, 0.29) is 17.4 Å². The first-order chi connectivity index (χ1) is 10.3. The number of nitrogens with zero attached hydrogens (tertiary/aromatic N) is 1. The smallest absolute Gasteiger partial charge is 0.307 e. The van der Waals surface area contributed by atoms with Gasteiger partial charge in [-0.2, -0.15) is 8.42 Å². The van der Waals surface area contributed by atoms with E-state index in [2.05, 4.69) is 14.7 Å². The van der Waals surface area contributed by atoms with Crippen LogP contribution in [0, 0.1) is 0 Å². The van der Waals surface area contributed by atoms with Crippen LogP contribution in [0.25, 0.3) is 0 Å². The Morgan fingerprint density at radius 2 is 2.14 bits per heavy atom. The number of hydrogen-bond acceptors (Lipinski definition) is 4. The number of carboxylic acids is 1. The number of aliphatic carboxylic acids is 1. The molecule has 0 saturated carbocycles. The highest BCUT2D eigenvalue weighted by Crippen LogP contribution is 2.18. The number of H-pyrrole nitrogens is 1. The number of anilines is 1. The summed E-state index contributed by atoms with van der Waals surface area (Å²) in [6, 6.07) is 6.27. The van der Waals surface area contributed by atoms with E-state index < -0.39 is 16.0 Å². The van der Waals surface area contributed by atoms with Crippen LogP contribution in [0.5, 0.6) is 0 Å². The molecule has 0 fully saturated rings. The van der Waals surface area contributed by atoms with Crippen molar-refractivity contribution in [3.05, 3.63) is 41.9 Å². The van der Waals surface area contributed by atoms with Gasteiger partial charge in [-0.05, 0) is 17.7 Å². The molecule has 0 saturated heterocycles. The Morgan fingerprint density at radius 3 is 2.73 bits per heavy atom. The van der Waals surface area contributed by atoms with Crippen LogP contribution < -0.4 is 4.72 Å². The van der Waals surface area contributed by atoms with Crippen molar-refractivity contribution in [3.8, 4) is 0 Å². The van der Waals surface area contributed by atoms with Gasteiger partial charge in [0.25, 0.3) is 10.0 Å². The molecule has 0 radical (unpaired) electrons. The third-order valence-corrected chi connectivity index (χ3v) is 4.23. The van der Waals surface area contributed by atoms with Crippen LogP contribution in [0.15, 0.2) is 35.5 Å². The van der Waals surface area contributed by atoms with Crippen molar-refractivity contribution < 1.29 is 18.3 Å². The van der Waals surface area contributed by atoms with Gasteiger partial charge in [-0.15, -0.1) is 0 Å². The van der Waals surface area contributed by atoms with Crippen molar-refractivity contribution >= 4 is 21.7 Å². The van der Waals surface area contributed by atoms with Crippen molar-refractivity contribution in [2.45, 2.75) is 31.2 Å². The van der Waals surface area contributed by atoms with Crippen LogP contribution in [0.3, 0.4) is 0 Å². The Balaban J connectivity index is 2.22. The molecule has 2 rings (SSSR count). The number of aromatic nitrogens is 2. The molecule has 0 aliphatic rings. The molecular weight excluding hydrogens is 306 g/mol. The van der Waals surface area contributed by atoms with Crippen molar-refractivity contribution in [1.29, 1.82) is 0 Å². The number of sulfonamides is 1. The number of nitrogens with one attached hydrogen (secondary N) is 2. The lowest BCUT2D eigenvalue weighted by Gasteiger charge is -2.07. The Morgan fingerprint density at radius 1 is 1.41 bits per heavy atom. The maximum Gasteiger partial charge on any atom is 0.307 e. The molecule has 1 aromatic carbocycles. The van der Waals surface area contributed by atoms with Crippen molar-refractivity contribution in [1.82, 2.24) is 9.97 Å². The lowest BCUT2D eigenvalue weighted by atomic mass is 10.1. The normalized spacial score (nSPS) is 11.6. The Labute approximate surface area is 128 Å². The summed E-state index contributed by atoms with van der Waals surface area (Å²) in [5.74, 6) is -0.307. The predicted octanol–water partition coefficient (Wildman–Crippen LogP) is 1.96. The molecule has 118 valence electrons. The first-order valence-electron chi connectivity index (χ1n) is 6.66. The molecule has 0 unspecified atom stereocenters. The second kappa shape index (κ2) is 6.18. The highest BCUT2D eigenvalue weighted by atomic mass is 32.2. The van der Waals surface area contributed by atoms with Gasteiger partial charge in [-0.1, -0.05) is 26.0 Å². The van der Waals surface area contributed by atoms with E-state index in [4.69, 9.17) is 5.11 Å². The summed E-state index contributed by atoms with van der Waals surface area (Å²) in [6.45, 7) is 3.80. The molecule has 0 spiro atoms. The third kappa shape index (κ3) is 3.85. The van der Waals surface area contributed by atoms with Gasteiger partial charge in [0.2, 0.25) is 0 Å². The Bertz CT molecular complexity index is 781. The van der Waals surface area contributed by atoms with E-state index in [0.29, 0.717) is 17.1 Å². The van der Waals surface area contributed by atoms with E-state index >= 15 is 0 Å². The zero-order valence-electron chi connectivity index (χ0n) is 12.2. The minimum atomic E-state index is -3.79. The van der Waals surface area contributed by atoms with Crippen molar-refractivity contribution in [2.24, 2.45) is 0 Å². The van der Waals surface area contributed by atoms with E-state index in [1.165, 1.54) is 12.3 Å². The molecule has 0 bridgehead atoms. The maximum absolute atomic E-state index is 12.3. The second-order valence-corrected chi connectivity index (χ2v) is 6.81. The molecule has 0 aliphatic carbocycles. The van der Waals surface area contributed by atoms with Crippen LogP contribution in [-0.2, 0) is 21.2 Å². The summed E-state index contributed by atoms with van der Waals surface area (Å²) in [4.78, 5) is 17.5. The molecule has 0 amide bonds. The summed E-state index contributed by atoms with van der Waals surface area (Å²) in [5.41, 5.74) is 0.819. The highest BCUT2D eigenvalue weighted by Gasteiger charge is 2.18. The molecule has 1 aromatic heterocycles. The molecule has 2 aromatic rings. The largest absolute Gasteiger partial charge is 0.481 e. The molecule has 0 aliphatic heterocycles. The molecule has 1 heterocycles. The molecular formula is C14H17N3O4S. The third-order valence-electron chi connectivity index (χ3n) is 2.94. The summed E-state index contributed by atoms with van der Waals surface area (Å²) in [6.07, 6.45) is 1.09. The van der Waals surface area contributed by atoms with E-state index in [9.17, 15) is 13.2 Å². The highest BCUT2D eigenvalue weighted by molar-refractivity contribution is 7.92. The van der Waals surface area contributed by atoms with Gasteiger partial charge >= 0.3 is 5.97 Å². The topological polar surface area (TPSA) is 112 Å². The number of carboxylic acid groups (broad SMARTS) is 1. The molecule has 22 heavy (non-hydrogen) atoms. The molecule has 0 atom stereocenters. The Kier molecular flexibility index (Phi) is 4.51. The van der Waals surface area contributed by atoms with Gasteiger partial charge in [0, 0.05) is 11.6 Å². The van der Waals surface area contributed by atoms with Gasteiger partial charge in [0.15, 0.2) is 5.03 Å². The van der Waals surface area contributed by atoms with Gasteiger partial charge < -0.3 is 10.1 Å². The summed E-state index contributed by atoms with van der Waals surface area (Å²) >= 11 is 0. The zero-order chi connectivity index (χ0) is 16.3. The molecule has 7 nitrogen and oxygen atoms in total. The summed E-state index contributed by atoms with van der Waals surface area (Å²) < 4.78 is 27.0. The monoisotopic (exact) mass is 323 g/mol. The van der Waals surface area contributed by atoms with E-state index in [1.54, 1.807) is 18.2 Å². The van der Waals surface area contributed by atoms with Crippen LogP contribution in [0.4, 0.5) is 5.69 Å². The minimum Gasteiger partial charge on any atom is -0.481 e. The maximum atomic E-state index is 12.3. The first-order valence-corrected chi connectivity index (χ1v) is 8.14. The SMILES string of the molecule is CC(C)c1ncc(S(=O)(=O)Nc2cccc(CC(=O)O)c2)[nH]1. The van der Waals surface area contributed by atoms with Crippen LogP contribution in [0.1, 0.15) is 31.2 Å². The Hall–Kier alpha value is -2.35. The molecule has 3 N–H and O–H groups in total. The minimum absolute atomic E-state index is 0.0279. The standard InChI is InChI=1S/C14H17N3O4S/c1-9(2)14-15-8-12(16-14)22(20,21)17-11-5-3-4-10(6-11)7-13(18)19/h3-6,8-9,17H,7H2,1-2H3,(H,15,16)(H,18,19). The summed E-state index contributed by atoms with van der Waals surface area (Å²) in [5, 5.41) is 8.74. The van der Waals surface area contributed by atoms with Gasteiger partial charge in [-0.25, -0.2) is 4.98 Å². The van der Waals surface area contributed by atoms with Gasteiger partial charge in [-0.3, -0.25) is 9.52 Å². The average Bonchev–Trinajstić information content (AvgIpc) is 2.88. The number of benzene rings is 1. The van der Waals surface area contributed by atoms with E-state index in [1.807, 2.05) is 13.8 Å². The molecule has 8 heteroatoms. The number of carbonyl (C=O) groups is 1. The first kappa shape index (κ1) is 16.0. The fraction of sp³-hybridized carbons (Fsp3) is 0.286. The van der Waals surface area contributed by atoms with Gasteiger partial charge in [0.1, 0.15) is 5.82 Å². The van der Waals surface area contributed by atoms with Gasteiger partial charge in [0.05, 0.1) is 12.6 Å². The second-order valence-electron chi connectivity index (χ2n) is 5.16. The van der Waals surface area contributed by atoms with Crippen LogP contribution >= 0.6 is 0 Å².